The Morgan fingerprint density at radius 1 is 1.50 bits per heavy atom. The van der Waals surface area contributed by atoms with Gasteiger partial charge in [0.1, 0.15) is 5.82 Å². The van der Waals surface area contributed by atoms with Gasteiger partial charge in [-0.1, -0.05) is 27.7 Å². The maximum absolute atomic E-state index is 13.2. The Morgan fingerprint density at radius 2 is 2.33 bits per heavy atom. The highest BCUT2D eigenvalue weighted by Crippen LogP contribution is 2.11. The van der Waals surface area contributed by atoms with Crippen molar-refractivity contribution in [3.05, 3.63) is 35.1 Å². The molecular weight excluding hydrogens is 321 g/mol. The highest BCUT2D eigenvalue weighted by atomic mass is 79.9. The second kappa shape index (κ2) is 6.10. The molecular formula is C11H9BrFN3OS. The number of nitrogens with one attached hydrogen (secondary N) is 1. The maximum Gasteiger partial charge on any atom is 0.236 e. The van der Waals surface area contributed by atoms with Gasteiger partial charge in [-0.05, 0) is 29.3 Å². The van der Waals surface area contributed by atoms with Crippen molar-refractivity contribution in [1.82, 2.24) is 5.32 Å². The average molecular weight is 330 g/mol. The van der Waals surface area contributed by atoms with Gasteiger partial charge < -0.3 is 5.32 Å². The minimum Gasteiger partial charge on any atom is -0.303 e. The van der Waals surface area contributed by atoms with Crippen molar-refractivity contribution in [2.24, 2.45) is 10.2 Å². The lowest BCUT2D eigenvalue weighted by Crippen LogP contribution is -2.19. The van der Waals surface area contributed by atoms with Crippen LogP contribution in [0.4, 0.5) is 4.39 Å². The van der Waals surface area contributed by atoms with E-state index in [-0.39, 0.29) is 11.7 Å². The number of thioether (sulfide) groups is 1. The van der Waals surface area contributed by atoms with E-state index in [1.807, 2.05) is 6.07 Å². The molecule has 4 nitrogen and oxygen atoms in total. The summed E-state index contributed by atoms with van der Waals surface area (Å²) in [5.74, 6) is -0.0342. The van der Waals surface area contributed by atoms with Gasteiger partial charge in [0.2, 0.25) is 5.91 Å². The number of hydrogen-bond acceptors (Lipinski definition) is 4. The number of benzene rings is 1. The number of rotatable bonds is 3. The van der Waals surface area contributed by atoms with E-state index in [9.17, 15) is 9.18 Å². The van der Waals surface area contributed by atoms with Crippen molar-refractivity contribution < 1.29 is 9.18 Å². The molecule has 1 fully saturated rings. The highest BCUT2D eigenvalue weighted by Gasteiger charge is 2.15. The van der Waals surface area contributed by atoms with E-state index in [0.29, 0.717) is 21.8 Å². The van der Waals surface area contributed by atoms with E-state index in [1.165, 1.54) is 30.1 Å². The Kier molecular flexibility index (Phi) is 4.48. The smallest absolute Gasteiger partial charge is 0.236 e. The third kappa shape index (κ3) is 3.64. The van der Waals surface area contributed by atoms with Gasteiger partial charge in [0.25, 0.3) is 0 Å². The number of carbonyl (C=O) groups is 1. The zero-order valence-corrected chi connectivity index (χ0v) is 11.6. The predicted molar refractivity (Wildman–Crippen MR) is 74.7 cm³/mol. The second-order valence-electron chi connectivity index (χ2n) is 3.51. The first kappa shape index (κ1) is 13.2. The summed E-state index contributed by atoms with van der Waals surface area (Å²) < 4.78 is 13.2. The summed E-state index contributed by atoms with van der Waals surface area (Å²) in [6.45, 7) is 0. The molecule has 1 amide bonds. The lowest BCUT2D eigenvalue weighted by molar-refractivity contribution is -0.116. The number of hydrogen-bond donors (Lipinski definition) is 1. The molecule has 0 saturated carbocycles. The molecule has 7 heteroatoms. The Balaban J connectivity index is 2.09. The minimum absolute atomic E-state index is 0.0821. The number of halogens is 2. The topological polar surface area (TPSA) is 53.8 Å². The molecule has 0 atom stereocenters. The van der Waals surface area contributed by atoms with Crippen LogP contribution in [0, 0.1) is 5.82 Å². The molecule has 1 saturated heterocycles. The third-order valence-electron chi connectivity index (χ3n) is 2.08. The van der Waals surface area contributed by atoms with Crippen LogP contribution in [-0.2, 0) is 10.1 Å². The molecule has 1 aromatic rings. The molecule has 0 aromatic heterocycles. The standard InChI is InChI=1S/C11H9BrFN3OS/c12-4-7-1-8(3-9(13)2-7)5-14-16-11-15-10(17)6-18-11/h1-3,5H,4,6H2,(H,15,16,17). The normalized spacial score (nSPS) is 17.7. The lowest BCUT2D eigenvalue weighted by Gasteiger charge is -1.98. The molecule has 1 aliphatic heterocycles. The summed E-state index contributed by atoms with van der Waals surface area (Å²) >= 11 is 4.56. The fraction of sp³-hybridized carbons (Fsp3) is 0.182. The molecule has 0 unspecified atom stereocenters. The lowest BCUT2D eigenvalue weighted by atomic mass is 10.1. The molecule has 1 heterocycles. The number of nitrogens with zero attached hydrogens (tertiary/aromatic N) is 2. The van der Waals surface area contributed by atoms with Gasteiger partial charge in [-0.15, -0.1) is 5.10 Å². The Bertz CT molecular complexity index is 533. The molecule has 0 bridgehead atoms. The van der Waals surface area contributed by atoms with Gasteiger partial charge >= 0.3 is 0 Å². The fourth-order valence-electron chi connectivity index (χ4n) is 1.35. The Labute approximate surface area is 116 Å². The van der Waals surface area contributed by atoms with Gasteiger partial charge in [-0.2, -0.15) is 5.10 Å². The van der Waals surface area contributed by atoms with Crippen LogP contribution < -0.4 is 5.32 Å². The molecule has 2 rings (SSSR count). The van der Waals surface area contributed by atoms with Crippen LogP contribution >= 0.6 is 27.7 Å². The molecule has 18 heavy (non-hydrogen) atoms. The first-order chi connectivity index (χ1) is 8.67. The van der Waals surface area contributed by atoms with Crippen LogP contribution in [0.25, 0.3) is 0 Å². The first-order valence-electron chi connectivity index (χ1n) is 5.06. The zero-order valence-electron chi connectivity index (χ0n) is 9.19. The van der Waals surface area contributed by atoms with Crippen molar-refractivity contribution in [1.29, 1.82) is 0 Å². The summed E-state index contributed by atoms with van der Waals surface area (Å²) in [7, 11) is 0. The van der Waals surface area contributed by atoms with E-state index in [2.05, 4.69) is 31.4 Å². The maximum atomic E-state index is 13.2. The van der Waals surface area contributed by atoms with Gasteiger partial charge in [-0.25, -0.2) is 4.39 Å². The number of amidine groups is 1. The van der Waals surface area contributed by atoms with E-state index in [0.717, 1.165) is 5.56 Å². The van der Waals surface area contributed by atoms with E-state index >= 15 is 0 Å². The van der Waals surface area contributed by atoms with E-state index in [1.54, 1.807) is 0 Å². The Morgan fingerprint density at radius 3 is 3.00 bits per heavy atom. The van der Waals surface area contributed by atoms with Crippen LogP contribution in [0.2, 0.25) is 0 Å². The van der Waals surface area contributed by atoms with Crippen LogP contribution in [0.15, 0.2) is 28.4 Å². The summed E-state index contributed by atoms with van der Waals surface area (Å²) in [4.78, 5) is 10.9. The van der Waals surface area contributed by atoms with E-state index in [4.69, 9.17) is 0 Å². The van der Waals surface area contributed by atoms with Crippen LogP contribution in [0.1, 0.15) is 11.1 Å². The van der Waals surface area contributed by atoms with Crippen LogP contribution in [-0.4, -0.2) is 23.0 Å². The Hall–Kier alpha value is -1.21. The third-order valence-corrected chi connectivity index (χ3v) is 3.59. The number of alkyl halides is 1. The van der Waals surface area contributed by atoms with Crippen molar-refractivity contribution in [3.8, 4) is 0 Å². The molecule has 1 aliphatic rings. The molecule has 0 spiro atoms. The first-order valence-corrected chi connectivity index (χ1v) is 7.17. The molecule has 1 N–H and O–H groups in total. The molecule has 94 valence electrons. The summed E-state index contributed by atoms with van der Waals surface area (Å²) in [6, 6.07) is 4.63. The second-order valence-corrected chi connectivity index (χ2v) is 5.04. The predicted octanol–water partition coefficient (Wildman–Crippen LogP) is 2.27. The SMILES string of the molecule is O=C1CSC(=NN=Cc2cc(F)cc(CBr)c2)N1. The molecule has 1 aromatic carbocycles. The van der Waals surface area contributed by atoms with Crippen molar-refractivity contribution in [2.45, 2.75) is 5.33 Å². The fourth-order valence-corrected chi connectivity index (χ4v) is 2.31. The summed E-state index contributed by atoms with van der Waals surface area (Å²) in [5.41, 5.74) is 1.45. The zero-order chi connectivity index (χ0) is 13.0. The van der Waals surface area contributed by atoms with Crippen LogP contribution in [0.5, 0.6) is 0 Å². The largest absolute Gasteiger partial charge is 0.303 e. The quantitative estimate of drug-likeness (QED) is 0.525. The van der Waals surface area contributed by atoms with E-state index < -0.39 is 0 Å². The summed E-state index contributed by atoms with van der Waals surface area (Å²) in [5, 5.41) is 11.3. The van der Waals surface area contributed by atoms with Gasteiger partial charge in [0, 0.05) is 5.33 Å². The van der Waals surface area contributed by atoms with Crippen LogP contribution in [0.3, 0.4) is 0 Å². The van der Waals surface area contributed by atoms with Crippen molar-refractivity contribution in [2.75, 3.05) is 5.75 Å². The monoisotopic (exact) mass is 329 g/mol. The van der Waals surface area contributed by atoms with Crippen molar-refractivity contribution >= 4 is 45.0 Å². The average Bonchev–Trinajstić information content (AvgIpc) is 2.74. The number of carbonyl (C=O) groups excluding carboxylic acids is 1. The van der Waals surface area contributed by atoms with Gasteiger partial charge in [0.05, 0.1) is 12.0 Å². The number of amides is 1. The minimum atomic E-state index is -0.315. The molecule has 0 aliphatic carbocycles. The van der Waals surface area contributed by atoms with Gasteiger partial charge in [0.15, 0.2) is 5.17 Å². The highest BCUT2D eigenvalue weighted by molar-refractivity contribution is 9.08. The summed E-state index contributed by atoms with van der Waals surface area (Å²) in [6.07, 6.45) is 1.45. The van der Waals surface area contributed by atoms with Gasteiger partial charge in [-0.3, -0.25) is 4.79 Å². The van der Waals surface area contributed by atoms with Crippen molar-refractivity contribution in [3.63, 3.8) is 0 Å². The molecule has 0 radical (unpaired) electrons.